The molecule has 5 heteroatoms. The zero-order chi connectivity index (χ0) is 15.9. The van der Waals surface area contributed by atoms with Crippen molar-refractivity contribution in [1.29, 1.82) is 0 Å². The Morgan fingerprint density at radius 1 is 1.30 bits per heavy atom. The van der Waals surface area contributed by atoms with Gasteiger partial charge in [-0.2, -0.15) is 0 Å². The van der Waals surface area contributed by atoms with Crippen molar-refractivity contribution in [1.82, 2.24) is 14.5 Å². The van der Waals surface area contributed by atoms with E-state index >= 15 is 0 Å². The molecule has 0 bridgehead atoms. The van der Waals surface area contributed by atoms with Crippen LogP contribution in [0, 0.1) is 11.2 Å². The lowest BCUT2D eigenvalue weighted by molar-refractivity contribution is -0.136. The molecule has 0 spiro atoms. The lowest BCUT2D eigenvalue weighted by atomic mass is 9.98. The summed E-state index contributed by atoms with van der Waals surface area (Å²) >= 11 is 0. The summed E-state index contributed by atoms with van der Waals surface area (Å²) in [7, 11) is 0. The Labute approximate surface area is 134 Å². The van der Waals surface area contributed by atoms with Gasteiger partial charge in [0.25, 0.3) is 0 Å². The van der Waals surface area contributed by atoms with E-state index in [9.17, 15) is 9.18 Å². The molecule has 120 valence electrons. The summed E-state index contributed by atoms with van der Waals surface area (Å²) < 4.78 is 15.0. The molecule has 1 amide bonds. The van der Waals surface area contributed by atoms with E-state index in [1.807, 2.05) is 27.8 Å². The third kappa shape index (κ3) is 2.76. The van der Waals surface area contributed by atoms with Gasteiger partial charge >= 0.3 is 0 Å². The molecule has 1 saturated heterocycles. The van der Waals surface area contributed by atoms with Crippen LogP contribution in [0.1, 0.15) is 30.7 Å². The second kappa shape index (κ2) is 5.48. The minimum atomic E-state index is -0.224. The molecule has 1 aliphatic heterocycles. The minimum absolute atomic E-state index is 0.211. The first kappa shape index (κ1) is 14.4. The van der Waals surface area contributed by atoms with Gasteiger partial charge in [0.1, 0.15) is 5.82 Å². The Kier molecular flexibility index (Phi) is 3.43. The topological polar surface area (TPSA) is 38.1 Å². The highest BCUT2D eigenvalue weighted by molar-refractivity contribution is 5.85. The maximum absolute atomic E-state index is 13.1. The molecule has 0 unspecified atom stereocenters. The van der Waals surface area contributed by atoms with Crippen molar-refractivity contribution < 1.29 is 9.18 Å². The number of nitrogens with zero attached hydrogens (tertiary/aromatic N) is 3. The lowest BCUT2D eigenvalue weighted by Gasteiger charge is -2.23. The molecular weight excluding hydrogens is 293 g/mol. The molecule has 2 aliphatic rings. The number of halogens is 1. The number of amides is 1. The van der Waals surface area contributed by atoms with Crippen LogP contribution in [0.25, 0.3) is 0 Å². The Hall–Kier alpha value is -2.17. The number of hydrogen-bond acceptors (Lipinski definition) is 2. The van der Waals surface area contributed by atoms with Crippen LogP contribution in [-0.2, 0) is 11.3 Å². The van der Waals surface area contributed by atoms with Crippen LogP contribution >= 0.6 is 0 Å². The number of carbonyl (C=O) groups excluding carboxylic acids is 1. The predicted molar refractivity (Wildman–Crippen MR) is 84.2 cm³/mol. The summed E-state index contributed by atoms with van der Waals surface area (Å²) in [6, 6.07) is 6.68. The van der Waals surface area contributed by atoms with E-state index in [-0.39, 0.29) is 17.1 Å². The number of aromatic nitrogens is 2. The lowest BCUT2D eigenvalue weighted by Crippen LogP contribution is -2.37. The third-order valence-corrected chi connectivity index (χ3v) is 5.17. The summed E-state index contributed by atoms with van der Waals surface area (Å²) in [4.78, 5) is 19.0. The van der Waals surface area contributed by atoms with Crippen molar-refractivity contribution in [3.05, 3.63) is 54.4 Å². The van der Waals surface area contributed by atoms with Gasteiger partial charge in [-0.25, -0.2) is 9.37 Å². The van der Waals surface area contributed by atoms with E-state index < -0.39 is 0 Å². The number of rotatable bonds is 4. The van der Waals surface area contributed by atoms with Crippen molar-refractivity contribution in [2.45, 2.75) is 31.7 Å². The first-order chi connectivity index (χ1) is 11.2. The maximum Gasteiger partial charge on any atom is 0.230 e. The number of hydrogen-bond donors (Lipinski definition) is 0. The Balaban J connectivity index is 1.43. The van der Waals surface area contributed by atoms with Gasteiger partial charge in [-0.3, -0.25) is 4.79 Å². The Morgan fingerprint density at radius 2 is 2.09 bits per heavy atom. The van der Waals surface area contributed by atoms with Crippen LogP contribution in [0.4, 0.5) is 4.39 Å². The molecule has 4 nitrogen and oxygen atoms in total. The summed E-state index contributed by atoms with van der Waals surface area (Å²) in [5.41, 5.74) is 0.902. The monoisotopic (exact) mass is 313 g/mol. The summed E-state index contributed by atoms with van der Waals surface area (Å²) in [6.07, 6.45) is 8.32. The van der Waals surface area contributed by atoms with Crippen molar-refractivity contribution in [3.8, 4) is 0 Å². The van der Waals surface area contributed by atoms with E-state index in [1.54, 1.807) is 12.5 Å². The van der Waals surface area contributed by atoms with Crippen LogP contribution in [0.2, 0.25) is 0 Å². The molecule has 1 aromatic carbocycles. The number of imidazole rings is 1. The summed E-state index contributed by atoms with van der Waals surface area (Å²) in [6.45, 7) is 2.27. The smallest absolute Gasteiger partial charge is 0.230 e. The van der Waals surface area contributed by atoms with E-state index in [1.165, 1.54) is 12.1 Å². The number of benzene rings is 1. The second-order valence-electron chi connectivity index (χ2n) is 6.80. The fourth-order valence-corrected chi connectivity index (χ4v) is 3.61. The Bertz CT molecular complexity index is 692. The van der Waals surface area contributed by atoms with Gasteiger partial charge in [-0.15, -0.1) is 0 Å². The average Bonchev–Trinajstić information content (AvgIpc) is 2.97. The van der Waals surface area contributed by atoms with Crippen molar-refractivity contribution in [3.63, 3.8) is 0 Å². The standard InChI is InChI=1S/C18H20FN3O/c19-16-3-1-14(2-4-16)15-5-9-22(11-15)17(23)18(6-7-18)12-21-10-8-20-13-21/h1-4,8,10,13,15H,5-7,9,11-12H2/t15-/m0/s1. The molecular formula is C18H20FN3O. The van der Waals surface area contributed by atoms with Gasteiger partial charge < -0.3 is 9.47 Å². The second-order valence-corrected chi connectivity index (χ2v) is 6.80. The molecule has 1 aliphatic carbocycles. The maximum atomic E-state index is 13.1. The van der Waals surface area contributed by atoms with Gasteiger partial charge in [-0.05, 0) is 37.0 Å². The van der Waals surface area contributed by atoms with E-state index in [0.717, 1.165) is 44.5 Å². The van der Waals surface area contributed by atoms with E-state index in [0.29, 0.717) is 5.92 Å². The van der Waals surface area contributed by atoms with Gasteiger partial charge in [0.05, 0.1) is 11.7 Å². The molecule has 4 rings (SSSR count). The highest BCUT2D eigenvalue weighted by Gasteiger charge is 2.52. The van der Waals surface area contributed by atoms with E-state index in [2.05, 4.69) is 4.98 Å². The third-order valence-electron chi connectivity index (χ3n) is 5.17. The highest BCUT2D eigenvalue weighted by Crippen LogP contribution is 2.49. The molecule has 0 radical (unpaired) electrons. The normalized spacial score (nSPS) is 22.3. The van der Waals surface area contributed by atoms with Crippen LogP contribution in [0.3, 0.4) is 0 Å². The van der Waals surface area contributed by atoms with Gasteiger partial charge in [-0.1, -0.05) is 12.1 Å². The van der Waals surface area contributed by atoms with E-state index in [4.69, 9.17) is 0 Å². The summed E-state index contributed by atoms with van der Waals surface area (Å²) in [5, 5.41) is 0. The SMILES string of the molecule is O=C(N1CC[C@H](c2ccc(F)cc2)C1)C1(Cn2ccnc2)CC1. The molecule has 2 aromatic rings. The van der Waals surface area contributed by atoms with Gasteiger partial charge in [0, 0.05) is 37.9 Å². The first-order valence-electron chi connectivity index (χ1n) is 8.17. The molecule has 1 saturated carbocycles. The first-order valence-corrected chi connectivity index (χ1v) is 8.17. The van der Waals surface area contributed by atoms with Crippen molar-refractivity contribution in [2.24, 2.45) is 5.41 Å². The van der Waals surface area contributed by atoms with Crippen LogP contribution in [0.5, 0.6) is 0 Å². The average molecular weight is 313 g/mol. The molecule has 1 atom stereocenters. The predicted octanol–water partition coefficient (Wildman–Crippen LogP) is 2.82. The van der Waals surface area contributed by atoms with Gasteiger partial charge in [0.2, 0.25) is 5.91 Å². The Morgan fingerprint density at radius 3 is 2.74 bits per heavy atom. The zero-order valence-corrected chi connectivity index (χ0v) is 13.0. The van der Waals surface area contributed by atoms with Crippen molar-refractivity contribution in [2.75, 3.05) is 13.1 Å². The summed E-state index contributed by atoms with van der Waals surface area (Å²) in [5.74, 6) is 0.386. The number of likely N-dealkylation sites (tertiary alicyclic amines) is 1. The van der Waals surface area contributed by atoms with Crippen LogP contribution in [-0.4, -0.2) is 33.4 Å². The quantitative estimate of drug-likeness (QED) is 0.870. The fraction of sp³-hybridized carbons (Fsp3) is 0.444. The highest BCUT2D eigenvalue weighted by atomic mass is 19.1. The minimum Gasteiger partial charge on any atom is -0.342 e. The fourth-order valence-electron chi connectivity index (χ4n) is 3.61. The molecule has 2 fully saturated rings. The van der Waals surface area contributed by atoms with Gasteiger partial charge in [0.15, 0.2) is 0 Å². The van der Waals surface area contributed by atoms with Crippen LogP contribution in [0.15, 0.2) is 43.0 Å². The van der Waals surface area contributed by atoms with Crippen molar-refractivity contribution >= 4 is 5.91 Å². The molecule has 1 aromatic heterocycles. The molecule has 23 heavy (non-hydrogen) atoms. The van der Waals surface area contributed by atoms with Crippen LogP contribution < -0.4 is 0 Å². The largest absolute Gasteiger partial charge is 0.342 e. The molecule has 0 N–H and O–H groups in total. The molecule has 2 heterocycles. The zero-order valence-electron chi connectivity index (χ0n) is 13.0. The number of carbonyl (C=O) groups is 1.